The van der Waals surface area contributed by atoms with E-state index in [2.05, 4.69) is 21.2 Å². The van der Waals surface area contributed by atoms with Gasteiger partial charge in [-0.1, -0.05) is 89.9 Å². The molecule has 0 aliphatic heterocycles. The maximum atomic E-state index is 14.1. The smallest absolute Gasteiger partial charge is 0.244 e. The molecule has 3 aromatic carbocycles. The number of carbonyl (C=O) groups excluding carboxylic acids is 2. The largest absolute Gasteiger partial charge is 0.354 e. The molecule has 0 bridgehead atoms. The van der Waals surface area contributed by atoms with Gasteiger partial charge in [0.25, 0.3) is 0 Å². The monoisotopic (exact) mass is 613 g/mol. The lowest BCUT2D eigenvalue weighted by Crippen LogP contribution is -2.53. The number of hydrogen-bond acceptors (Lipinski definition) is 4. The molecular weight excluding hydrogens is 578 g/mol. The van der Waals surface area contributed by atoms with E-state index in [1.54, 1.807) is 24.3 Å². The van der Waals surface area contributed by atoms with Gasteiger partial charge in [-0.25, -0.2) is 8.42 Å². The normalized spacial score (nSPS) is 12.0. The number of rotatable bonds is 13. The van der Waals surface area contributed by atoms with Crippen molar-refractivity contribution in [2.24, 2.45) is 0 Å². The number of hydrogen-bond donors (Lipinski definition) is 1. The number of halogens is 1. The first kappa shape index (κ1) is 30.4. The van der Waals surface area contributed by atoms with Crippen LogP contribution in [0.5, 0.6) is 0 Å². The van der Waals surface area contributed by atoms with Gasteiger partial charge in [-0.15, -0.1) is 0 Å². The van der Waals surface area contributed by atoms with E-state index in [1.807, 2.05) is 68.4 Å². The molecular formula is C30H36BrN3O4S. The number of unbranched alkanes of at least 4 members (excludes halogenated alkanes) is 1. The van der Waals surface area contributed by atoms with Crippen molar-refractivity contribution in [3.63, 3.8) is 0 Å². The zero-order valence-corrected chi connectivity index (χ0v) is 25.0. The molecule has 2 amide bonds. The molecule has 39 heavy (non-hydrogen) atoms. The topological polar surface area (TPSA) is 86.8 Å². The highest BCUT2D eigenvalue weighted by Crippen LogP contribution is 2.24. The highest BCUT2D eigenvalue weighted by atomic mass is 79.9. The highest BCUT2D eigenvalue weighted by molar-refractivity contribution is 9.10. The average Bonchev–Trinajstić information content (AvgIpc) is 2.90. The van der Waals surface area contributed by atoms with E-state index < -0.39 is 28.5 Å². The van der Waals surface area contributed by atoms with Crippen LogP contribution in [0.15, 0.2) is 83.3 Å². The Morgan fingerprint density at radius 3 is 2.31 bits per heavy atom. The zero-order chi connectivity index (χ0) is 28.4. The van der Waals surface area contributed by atoms with Gasteiger partial charge in [-0.05, 0) is 48.2 Å². The first-order valence-electron chi connectivity index (χ1n) is 13.0. The lowest BCUT2D eigenvalue weighted by Gasteiger charge is -2.34. The number of sulfonamides is 1. The van der Waals surface area contributed by atoms with Gasteiger partial charge in [0, 0.05) is 24.0 Å². The molecule has 0 heterocycles. The van der Waals surface area contributed by atoms with Crippen LogP contribution >= 0.6 is 15.9 Å². The number of benzene rings is 3. The van der Waals surface area contributed by atoms with Crippen molar-refractivity contribution in [1.29, 1.82) is 0 Å². The molecule has 0 fully saturated rings. The Bertz CT molecular complexity index is 1370. The Labute approximate surface area is 240 Å². The predicted octanol–water partition coefficient (Wildman–Crippen LogP) is 5.08. The summed E-state index contributed by atoms with van der Waals surface area (Å²) in [5.41, 5.74) is 3.14. The Kier molecular flexibility index (Phi) is 11.1. The molecule has 7 nitrogen and oxygen atoms in total. The molecule has 208 valence electrons. The molecule has 0 aromatic heterocycles. The fraction of sp³-hybridized carbons (Fsp3) is 0.333. The van der Waals surface area contributed by atoms with Gasteiger partial charge in [0.05, 0.1) is 11.9 Å². The maximum absolute atomic E-state index is 14.1. The molecule has 1 N–H and O–H groups in total. The quantitative estimate of drug-likeness (QED) is 0.272. The second-order valence-corrected chi connectivity index (χ2v) is 12.4. The third kappa shape index (κ3) is 8.93. The first-order valence-corrected chi connectivity index (χ1v) is 15.6. The van der Waals surface area contributed by atoms with Crippen LogP contribution < -0.4 is 9.62 Å². The fourth-order valence-electron chi connectivity index (χ4n) is 4.28. The minimum absolute atomic E-state index is 0.167. The lowest BCUT2D eigenvalue weighted by molar-refractivity contribution is -0.140. The van der Waals surface area contributed by atoms with Gasteiger partial charge < -0.3 is 10.2 Å². The molecule has 1 atom stereocenters. The van der Waals surface area contributed by atoms with Gasteiger partial charge in [-0.3, -0.25) is 13.9 Å². The minimum Gasteiger partial charge on any atom is -0.354 e. The molecule has 0 aliphatic carbocycles. The van der Waals surface area contributed by atoms with Crippen LogP contribution in [-0.4, -0.2) is 50.5 Å². The van der Waals surface area contributed by atoms with Gasteiger partial charge in [0.15, 0.2) is 0 Å². The highest BCUT2D eigenvalue weighted by Gasteiger charge is 2.33. The predicted molar refractivity (Wildman–Crippen MR) is 160 cm³/mol. The maximum Gasteiger partial charge on any atom is 0.244 e. The summed E-state index contributed by atoms with van der Waals surface area (Å²) in [6, 6.07) is 23.2. The van der Waals surface area contributed by atoms with Crippen LogP contribution in [0.2, 0.25) is 0 Å². The van der Waals surface area contributed by atoms with Crippen molar-refractivity contribution >= 4 is 43.5 Å². The van der Waals surface area contributed by atoms with Crippen LogP contribution in [0.3, 0.4) is 0 Å². The van der Waals surface area contributed by atoms with E-state index in [1.165, 1.54) is 4.90 Å². The van der Waals surface area contributed by atoms with Crippen LogP contribution in [-0.2, 0) is 32.6 Å². The lowest BCUT2D eigenvalue weighted by atomic mass is 10.0. The Morgan fingerprint density at radius 2 is 1.67 bits per heavy atom. The molecule has 0 aliphatic rings. The molecule has 0 saturated heterocycles. The van der Waals surface area contributed by atoms with Crippen molar-refractivity contribution in [1.82, 2.24) is 10.2 Å². The van der Waals surface area contributed by atoms with Gasteiger partial charge in [0.2, 0.25) is 21.8 Å². The summed E-state index contributed by atoms with van der Waals surface area (Å²) >= 11 is 3.38. The van der Waals surface area contributed by atoms with Crippen molar-refractivity contribution in [3.05, 3.63) is 100 Å². The molecule has 3 aromatic rings. The Morgan fingerprint density at radius 1 is 0.974 bits per heavy atom. The van der Waals surface area contributed by atoms with E-state index in [-0.39, 0.29) is 12.5 Å². The van der Waals surface area contributed by atoms with E-state index in [9.17, 15) is 18.0 Å². The molecule has 3 rings (SSSR count). The van der Waals surface area contributed by atoms with E-state index in [0.29, 0.717) is 23.1 Å². The SMILES string of the molecule is CCCCNC(=O)C(Cc1ccccc1)N(Cc1ccccc1C)C(=O)CN(c1cccc(Br)c1)S(C)(=O)=O. The molecule has 1 unspecified atom stereocenters. The van der Waals surface area contributed by atoms with Crippen LogP contribution in [0.1, 0.15) is 36.5 Å². The second kappa shape index (κ2) is 14.3. The number of aryl methyl sites for hydroxylation is 1. The number of amides is 2. The summed E-state index contributed by atoms with van der Waals surface area (Å²) in [6.45, 7) is 4.23. The van der Waals surface area contributed by atoms with Crippen molar-refractivity contribution in [3.8, 4) is 0 Å². The second-order valence-electron chi connectivity index (χ2n) is 9.55. The summed E-state index contributed by atoms with van der Waals surface area (Å²) < 4.78 is 27.5. The van der Waals surface area contributed by atoms with E-state index in [0.717, 1.165) is 40.1 Å². The Hall–Kier alpha value is -3.17. The molecule has 0 radical (unpaired) electrons. The number of carbonyl (C=O) groups is 2. The molecule has 0 saturated carbocycles. The van der Waals surface area contributed by atoms with E-state index in [4.69, 9.17) is 0 Å². The zero-order valence-electron chi connectivity index (χ0n) is 22.6. The van der Waals surface area contributed by atoms with Crippen LogP contribution in [0, 0.1) is 6.92 Å². The van der Waals surface area contributed by atoms with Gasteiger partial charge in [-0.2, -0.15) is 0 Å². The van der Waals surface area contributed by atoms with Crippen molar-refractivity contribution in [2.75, 3.05) is 23.7 Å². The fourth-order valence-corrected chi connectivity index (χ4v) is 5.50. The third-order valence-corrected chi connectivity index (χ3v) is 8.11. The number of anilines is 1. The Balaban J connectivity index is 2.04. The molecule has 0 spiro atoms. The summed E-state index contributed by atoms with van der Waals surface area (Å²) in [4.78, 5) is 29.2. The van der Waals surface area contributed by atoms with Crippen molar-refractivity contribution in [2.45, 2.75) is 45.7 Å². The summed E-state index contributed by atoms with van der Waals surface area (Å²) in [5.74, 6) is -0.724. The number of nitrogens with one attached hydrogen (secondary N) is 1. The van der Waals surface area contributed by atoms with E-state index >= 15 is 0 Å². The summed E-state index contributed by atoms with van der Waals surface area (Å²) in [5, 5.41) is 2.99. The van der Waals surface area contributed by atoms with Crippen LogP contribution in [0.4, 0.5) is 5.69 Å². The molecule has 9 heteroatoms. The van der Waals surface area contributed by atoms with Gasteiger partial charge >= 0.3 is 0 Å². The summed E-state index contributed by atoms with van der Waals surface area (Å²) in [6.07, 6.45) is 3.11. The van der Waals surface area contributed by atoms with Crippen molar-refractivity contribution < 1.29 is 18.0 Å². The minimum atomic E-state index is -3.80. The average molecular weight is 615 g/mol. The van der Waals surface area contributed by atoms with Gasteiger partial charge in [0.1, 0.15) is 12.6 Å². The number of nitrogens with zero attached hydrogens (tertiary/aromatic N) is 2. The van der Waals surface area contributed by atoms with Crippen LogP contribution in [0.25, 0.3) is 0 Å². The summed E-state index contributed by atoms with van der Waals surface area (Å²) in [7, 11) is -3.80. The first-order chi connectivity index (χ1) is 18.6. The third-order valence-electron chi connectivity index (χ3n) is 6.48. The standard InChI is InChI=1S/C30H36BrN3O4S/c1-4-5-18-32-30(36)28(19-24-13-7-6-8-14-24)33(21-25-15-10-9-12-23(25)2)29(35)22-34(39(3,37)38)27-17-11-16-26(31)20-27/h6-17,20,28H,4-5,18-19,21-22H2,1-3H3,(H,32,36).